The zero-order chi connectivity index (χ0) is 13.0. The Morgan fingerprint density at radius 1 is 1.33 bits per heavy atom. The Labute approximate surface area is 115 Å². The zero-order valence-corrected chi connectivity index (χ0v) is 11.7. The summed E-state index contributed by atoms with van der Waals surface area (Å²) in [5.41, 5.74) is 6.76. The third-order valence-corrected chi connectivity index (χ3v) is 3.72. The molecule has 0 bridgehead atoms. The number of amides is 1. The minimum Gasteiger partial charge on any atom is -0.381 e. The maximum atomic E-state index is 12.0. The molecule has 98 valence electrons. The molecule has 0 spiro atoms. The van der Waals surface area contributed by atoms with E-state index in [1.807, 2.05) is 24.3 Å². The third-order valence-electron chi connectivity index (χ3n) is 3.19. The van der Waals surface area contributed by atoms with Gasteiger partial charge in [-0.15, -0.1) is 0 Å². The minimum atomic E-state index is -0.461. The number of rotatable bonds is 3. The number of carbonyl (C=O) groups excluding carboxylic acids is 1. The number of ether oxygens (including phenoxy) is 1. The van der Waals surface area contributed by atoms with E-state index in [1.54, 1.807) is 0 Å². The molecule has 0 aromatic heterocycles. The van der Waals surface area contributed by atoms with Gasteiger partial charge in [-0.3, -0.25) is 4.79 Å². The van der Waals surface area contributed by atoms with Crippen LogP contribution in [0.5, 0.6) is 0 Å². The van der Waals surface area contributed by atoms with Gasteiger partial charge in [-0.25, -0.2) is 0 Å². The second-order valence-corrected chi connectivity index (χ2v) is 5.39. The van der Waals surface area contributed by atoms with Crippen LogP contribution in [0.3, 0.4) is 0 Å². The van der Waals surface area contributed by atoms with Crippen LogP contribution in [0.25, 0.3) is 0 Å². The van der Waals surface area contributed by atoms with E-state index in [1.165, 1.54) is 0 Å². The molecule has 0 radical (unpaired) electrons. The van der Waals surface area contributed by atoms with E-state index in [9.17, 15) is 4.79 Å². The fourth-order valence-electron chi connectivity index (χ4n) is 2.05. The molecule has 1 saturated heterocycles. The van der Waals surface area contributed by atoms with Gasteiger partial charge in [-0.2, -0.15) is 0 Å². The lowest BCUT2D eigenvalue weighted by Gasteiger charge is -2.26. The first-order valence-electron chi connectivity index (χ1n) is 6.06. The van der Waals surface area contributed by atoms with E-state index >= 15 is 0 Å². The minimum absolute atomic E-state index is 0.121. The summed E-state index contributed by atoms with van der Waals surface area (Å²) >= 11 is 3.35. The molecule has 3 N–H and O–H groups in total. The van der Waals surface area contributed by atoms with Crippen molar-refractivity contribution in [3.8, 4) is 0 Å². The maximum absolute atomic E-state index is 12.0. The molecule has 1 atom stereocenters. The smallest absolute Gasteiger partial charge is 0.241 e. The highest BCUT2D eigenvalue weighted by Crippen LogP contribution is 2.19. The molecule has 1 aliphatic rings. The fourth-order valence-corrected chi connectivity index (χ4v) is 2.31. The summed E-state index contributed by atoms with van der Waals surface area (Å²) in [6.45, 7) is 1.40. The molecule has 1 amide bonds. The topological polar surface area (TPSA) is 64.4 Å². The molecule has 1 aliphatic heterocycles. The molecule has 5 heteroatoms. The lowest BCUT2D eigenvalue weighted by molar-refractivity contribution is -0.119. The molecule has 1 unspecified atom stereocenters. The van der Waals surface area contributed by atoms with E-state index in [0.717, 1.165) is 23.0 Å². The van der Waals surface area contributed by atoms with Crippen molar-refractivity contribution in [2.24, 2.45) is 11.7 Å². The lowest BCUT2D eigenvalue weighted by Crippen LogP contribution is -2.43. The van der Waals surface area contributed by atoms with Gasteiger partial charge < -0.3 is 15.8 Å². The van der Waals surface area contributed by atoms with Gasteiger partial charge in [0.2, 0.25) is 5.91 Å². The average Bonchev–Trinajstić information content (AvgIpc) is 2.41. The molecule has 2 rings (SSSR count). The zero-order valence-electron chi connectivity index (χ0n) is 10.1. The van der Waals surface area contributed by atoms with Crippen LogP contribution >= 0.6 is 15.9 Å². The molecule has 1 aromatic carbocycles. The second kappa shape index (κ2) is 6.31. The van der Waals surface area contributed by atoms with Crippen molar-refractivity contribution >= 4 is 27.5 Å². The van der Waals surface area contributed by atoms with Crippen molar-refractivity contribution in [3.63, 3.8) is 0 Å². The summed E-state index contributed by atoms with van der Waals surface area (Å²) in [5, 5.41) is 2.84. The summed E-state index contributed by atoms with van der Waals surface area (Å²) in [6.07, 6.45) is 1.71. The van der Waals surface area contributed by atoms with Crippen LogP contribution in [0.2, 0.25) is 0 Å². The number of anilines is 1. The summed E-state index contributed by atoms with van der Waals surface area (Å²) in [5.74, 6) is 0.0958. The molecular formula is C13H17BrN2O2. The van der Waals surface area contributed by atoms with E-state index in [0.29, 0.717) is 13.2 Å². The number of nitrogens with two attached hydrogens (primary N) is 1. The highest BCUT2D eigenvalue weighted by Gasteiger charge is 2.26. The van der Waals surface area contributed by atoms with E-state index in [2.05, 4.69) is 21.2 Å². The Morgan fingerprint density at radius 3 is 2.56 bits per heavy atom. The van der Waals surface area contributed by atoms with Gasteiger partial charge in [-0.05, 0) is 43.0 Å². The Hall–Kier alpha value is -0.910. The lowest BCUT2D eigenvalue weighted by atomic mass is 9.92. The van der Waals surface area contributed by atoms with Gasteiger partial charge in [0.1, 0.15) is 0 Å². The van der Waals surface area contributed by atoms with Crippen LogP contribution in [-0.2, 0) is 9.53 Å². The summed E-state index contributed by atoms with van der Waals surface area (Å²) < 4.78 is 6.25. The SMILES string of the molecule is NC(C(=O)Nc1ccc(Br)cc1)C1CCOCC1. The number of nitrogens with one attached hydrogen (secondary N) is 1. The van der Waals surface area contributed by atoms with E-state index in [-0.39, 0.29) is 11.8 Å². The quantitative estimate of drug-likeness (QED) is 0.898. The first-order chi connectivity index (χ1) is 8.66. The third kappa shape index (κ3) is 3.54. The average molecular weight is 313 g/mol. The molecule has 1 aromatic rings. The predicted molar refractivity (Wildman–Crippen MR) is 74.3 cm³/mol. The normalized spacial score (nSPS) is 18.3. The number of halogens is 1. The van der Waals surface area contributed by atoms with Gasteiger partial charge in [-0.1, -0.05) is 15.9 Å². The van der Waals surface area contributed by atoms with Crippen molar-refractivity contribution in [1.29, 1.82) is 0 Å². The van der Waals surface area contributed by atoms with Gasteiger partial charge in [0.25, 0.3) is 0 Å². The Balaban J connectivity index is 1.92. The van der Waals surface area contributed by atoms with Crippen LogP contribution in [0.15, 0.2) is 28.7 Å². The van der Waals surface area contributed by atoms with Crippen molar-refractivity contribution in [2.45, 2.75) is 18.9 Å². The molecular weight excluding hydrogens is 296 g/mol. The van der Waals surface area contributed by atoms with Crippen LogP contribution in [0, 0.1) is 5.92 Å². The molecule has 18 heavy (non-hydrogen) atoms. The highest BCUT2D eigenvalue weighted by molar-refractivity contribution is 9.10. The maximum Gasteiger partial charge on any atom is 0.241 e. The van der Waals surface area contributed by atoms with Crippen LogP contribution in [-0.4, -0.2) is 25.2 Å². The summed E-state index contributed by atoms with van der Waals surface area (Å²) in [7, 11) is 0. The first-order valence-corrected chi connectivity index (χ1v) is 6.86. The van der Waals surface area contributed by atoms with Crippen molar-refractivity contribution < 1.29 is 9.53 Å². The first kappa shape index (κ1) is 13.5. The van der Waals surface area contributed by atoms with Crippen molar-refractivity contribution in [1.82, 2.24) is 0 Å². The van der Waals surface area contributed by atoms with Crippen LogP contribution in [0.1, 0.15) is 12.8 Å². The van der Waals surface area contributed by atoms with E-state index < -0.39 is 6.04 Å². The molecule has 1 fully saturated rings. The predicted octanol–water partition coefficient (Wildman–Crippen LogP) is 2.14. The fraction of sp³-hybridized carbons (Fsp3) is 0.462. The Kier molecular flexibility index (Phi) is 4.74. The summed E-state index contributed by atoms with van der Waals surface area (Å²) in [4.78, 5) is 12.0. The largest absolute Gasteiger partial charge is 0.381 e. The Bertz CT molecular complexity index is 402. The van der Waals surface area contributed by atoms with Crippen molar-refractivity contribution in [2.75, 3.05) is 18.5 Å². The van der Waals surface area contributed by atoms with E-state index in [4.69, 9.17) is 10.5 Å². The van der Waals surface area contributed by atoms with Gasteiger partial charge in [0, 0.05) is 23.4 Å². The number of hydrogen-bond acceptors (Lipinski definition) is 3. The number of benzene rings is 1. The van der Waals surface area contributed by atoms with Gasteiger partial charge in [0.15, 0.2) is 0 Å². The van der Waals surface area contributed by atoms with Crippen molar-refractivity contribution in [3.05, 3.63) is 28.7 Å². The standard InChI is InChI=1S/C13H17BrN2O2/c14-10-1-3-11(4-2-10)16-13(17)12(15)9-5-7-18-8-6-9/h1-4,9,12H,5-8,15H2,(H,16,17). The molecule has 4 nitrogen and oxygen atoms in total. The Morgan fingerprint density at radius 2 is 1.94 bits per heavy atom. The van der Waals surface area contributed by atoms with Crippen LogP contribution < -0.4 is 11.1 Å². The molecule has 0 aliphatic carbocycles. The van der Waals surface area contributed by atoms with Gasteiger partial charge >= 0.3 is 0 Å². The monoisotopic (exact) mass is 312 g/mol. The molecule has 1 heterocycles. The number of carbonyl (C=O) groups is 1. The summed E-state index contributed by atoms with van der Waals surface area (Å²) in [6, 6.07) is 7.00. The second-order valence-electron chi connectivity index (χ2n) is 4.47. The molecule has 0 saturated carbocycles. The highest BCUT2D eigenvalue weighted by atomic mass is 79.9. The number of hydrogen-bond donors (Lipinski definition) is 2. The van der Waals surface area contributed by atoms with Crippen LogP contribution in [0.4, 0.5) is 5.69 Å². The van der Waals surface area contributed by atoms with Gasteiger partial charge in [0.05, 0.1) is 6.04 Å².